The van der Waals surface area contributed by atoms with Gasteiger partial charge >= 0.3 is 6.09 Å². The zero-order valence-corrected chi connectivity index (χ0v) is 5.98. The molecule has 0 saturated heterocycles. The molecule has 3 nitrogen and oxygen atoms in total. The molecule has 0 aromatic rings. The summed E-state index contributed by atoms with van der Waals surface area (Å²) < 4.78 is 0. The molecule has 0 rings (SSSR count). The molecule has 0 bridgehead atoms. The van der Waals surface area contributed by atoms with Gasteiger partial charge in [-0.25, -0.2) is 4.79 Å². The van der Waals surface area contributed by atoms with Gasteiger partial charge in [0.2, 0.25) is 0 Å². The van der Waals surface area contributed by atoms with Crippen molar-refractivity contribution in [1.82, 2.24) is 5.32 Å². The maximum atomic E-state index is 9.96. The number of nitrogens with one attached hydrogen (secondary N) is 1. The number of rotatable bonds is 3. The van der Waals surface area contributed by atoms with Gasteiger partial charge in [-0.05, 0) is 6.42 Å². The number of hydrogen-bond donors (Lipinski definition) is 2. The average Bonchev–Trinajstić information content (AvgIpc) is 1.82. The number of amides is 1. The molecule has 0 aliphatic heterocycles. The van der Waals surface area contributed by atoms with Crippen molar-refractivity contribution in [3.05, 3.63) is 0 Å². The monoisotopic (exact) mass is 151 g/mol. The molecule has 0 saturated carbocycles. The third-order valence-corrected chi connectivity index (χ3v) is 1.38. The maximum absolute atomic E-state index is 9.96. The molecule has 4 heteroatoms. The summed E-state index contributed by atoms with van der Waals surface area (Å²) in [5.41, 5.74) is 0. The highest BCUT2D eigenvalue weighted by Crippen LogP contribution is 1.92. The third-order valence-electron chi connectivity index (χ3n) is 1.01. The minimum absolute atomic E-state index is 0.107. The molecule has 0 aliphatic rings. The van der Waals surface area contributed by atoms with Gasteiger partial charge in [0, 0.05) is 11.9 Å². The number of alkyl halides is 1. The lowest BCUT2D eigenvalue weighted by atomic mass is 10.3. The van der Waals surface area contributed by atoms with Crippen LogP contribution in [0.2, 0.25) is 0 Å². The number of halogens is 1. The molecule has 9 heavy (non-hydrogen) atoms. The van der Waals surface area contributed by atoms with E-state index in [2.05, 4.69) is 5.32 Å². The second-order valence-electron chi connectivity index (χ2n) is 1.71. The molecule has 0 heterocycles. The second-order valence-corrected chi connectivity index (χ2v) is 2.02. The van der Waals surface area contributed by atoms with Crippen LogP contribution in [0.4, 0.5) is 4.79 Å². The predicted molar refractivity (Wildman–Crippen MR) is 36.0 cm³/mol. The normalized spacial score (nSPS) is 12.7. The van der Waals surface area contributed by atoms with Crippen molar-refractivity contribution in [2.45, 2.75) is 19.4 Å². The molecule has 0 aromatic heterocycles. The fraction of sp³-hybridized carbons (Fsp3) is 0.800. The fourth-order valence-corrected chi connectivity index (χ4v) is 0.720. The van der Waals surface area contributed by atoms with Gasteiger partial charge in [-0.2, -0.15) is 0 Å². The molecule has 0 aliphatic carbocycles. The smallest absolute Gasteiger partial charge is 0.404 e. The molecule has 0 radical (unpaired) electrons. The fourth-order valence-electron chi connectivity index (χ4n) is 0.424. The largest absolute Gasteiger partial charge is 0.465 e. The number of carbonyl (C=O) groups is 1. The van der Waals surface area contributed by atoms with Crippen LogP contribution >= 0.6 is 11.6 Å². The zero-order chi connectivity index (χ0) is 7.28. The Morgan fingerprint density at radius 2 is 2.44 bits per heavy atom. The SMILES string of the molecule is CCC(CCl)NC(=O)O. The summed E-state index contributed by atoms with van der Waals surface area (Å²) in [6.45, 7) is 1.88. The first kappa shape index (κ1) is 8.56. The highest BCUT2D eigenvalue weighted by Gasteiger charge is 2.05. The van der Waals surface area contributed by atoms with Crippen molar-refractivity contribution >= 4 is 17.7 Å². The van der Waals surface area contributed by atoms with Gasteiger partial charge < -0.3 is 10.4 Å². The Balaban J connectivity index is 3.43. The third kappa shape index (κ3) is 4.09. The van der Waals surface area contributed by atoms with E-state index in [0.717, 1.165) is 6.42 Å². The van der Waals surface area contributed by atoms with Crippen LogP contribution in [-0.2, 0) is 0 Å². The Hall–Kier alpha value is -0.440. The van der Waals surface area contributed by atoms with E-state index < -0.39 is 6.09 Å². The molecule has 54 valence electrons. The first-order chi connectivity index (χ1) is 4.20. The summed E-state index contributed by atoms with van der Waals surface area (Å²) >= 11 is 5.39. The van der Waals surface area contributed by atoms with Crippen LogP contribution in [0.1, 0.15) is 13.3 Å². The van der Waals surface area contributed by atoms with Crippen LogP contribution in [0.25, 0.3) is 0 Å². The molecule has 0 aromatic carbocycles. The van der Waals surface area contributed by atoms with E-state index in [9.17, 15) is 4.79 Å². The van der Waals surface area contributed by atoms with Gasteiger partial charge in [0.1, 0.15) is 0 Å². The van der Waals surface area contributed by atoms with Gasteiger partial charge in [-0.15, -0.1) is 11.6 Å². The molecule has 1 atom stereocenters. The summed E-state index contributed by atoms with van der Waals surface area (Å²) in [5.74, 6) is 0.336. The van der Waals surface area contributed by atoms with Crippen LogP contribution in [0.15, 0.2) is 0 Å². The summed E-state index contributed by atoms with van der Waals surface area (Å²) in [6, 6.07) is -0.107. The first-order valence-electron chi connectivity index (χ1n) is 2.76. The lowest BCUT2D eigenvalue weighted by Gasteiger charge is -2.09. The van der Waals surface area contributed by atoms with Crippen molar-refractivity contribution < 1.29 is 9.90 Å². The average molecular weight is 152 g/mol. The number of hydrogen-bond acceptors (Lipinski definition) is 1. The Morgan fingerprint density at radius 1 is 1.89 bits per heavy atom. The van der Waals surface area contributed by atoms with Crippen LogP contribution < -0.4 is 5.32 Å². The number of carboxylic acid groups (broad SMARTS) is 1. The Morgan fingerprint density at radius 3 is 2.56 bits per heavy atom. The first-order valence-corrected chi connectivity index (χ1v) is 3.29. The van der Waals surface area contributed by atoms with E-state index in [1.807, 2.05) is 6.92 Å². The van der Waals surface area contributed by atoms with Crippen molar-refractivity contribution in [2.24, 2.45) is 0 Å². The molecule has 0 spiro atoms. The topological polar surface area (TPSA) is 49.3 Å². The summed E-state index contributed by atoms with van der Waals surface area (Å²) in [7, 11) is 0. The van der Waals surface area contributed by atoms with Crippen LogP contribution in [0.5, 0.6) is 0 Å². The molecular weight excluding hydrogens is 142 g/mol. The van der Waals surface area contributed by atoms with Crippen LogP contribution in [0.3, 0.4) is 0 Å². The van der Waals surface area contributed by atoms with Crippen molar-refractivity contribution in [2.75, 3.05) is 5.88 Å². The van der Waals surface area contributed by atoms with E-state index in [4.69, 9.17) is 16.7 Å². The van der Waals surface area contributed by atoms with Crippen molar-refractivity contribution in [3.63, 3.8) is 0 Å². The minimum Gasteiger partial charge on any atom is -0.465 e. The molecular formula is C5H10ClNO2. The lowest BCUT2D eigenvalue weighted by Crippen LogP contribution is -2.34. The maximum Gasteiger partial charge on any atom is 0.404 e. The van der Waals surface area contributed by atoms with E-state index in [0.29, 0.717) is 5.88 Å². The predicted octanol–water partition coefficient (Wildman–Crippen LogP) is 1.27. The molecule has 2 N–H and O–H groups in total. The molecule has 0 fully saturated rings. The van der Waals surface area contributed by atoms with Crippen molar-refractivity contribution in [1.29, 1.82) is 0 Å². The van der Waals surface area contributed by atoms with E-state index in [1.165, 1.54) is 0 Å². The Kier molecular flexibility index (Phi) is 4.22. The molecule has 1 amide bonds. The van der Waals surface area contributed by atoms with Crippen molar-refractivity contribution in [3.8, 4) is 0 Å². The second kappa shape index (κ2) is 4.44. The zero-order valence-electron chi connectivity index (χ0n) is 5.22. The van der Waals surface area contributed by atoms with E-state index in [-0.39, 0.29) is 6.04 Å². The summed E-state index contributed by atoms with van der Waals surface area (Å²) in [5, 5.41) is 10.4. The Bertz CT molecular complexity index is 93.0. The quantitative estimate of drug-likeness (QED) is 0.597. The summed E-state index contributed by atoms with van der Waals surface area (Å²) in [6.07, 6.45) is -0.280. The highest BCUT2D eigenvalue weighted by molar-refractivity contribution is 6.18. The van der Waals surface area contributed by atoms with E-state index >= 15 is 0 Å². The van der Waals surface area contributed by atoms with Gasteiger partial charge in [0.15, 0.2) is 0 Å². The van der Waals surface area contributed by atoms with E-state index in [1.54, 1.807) is 0 Å². The summed E-state index contributed by atoms with van der Waals surface area (Å²) in [4.78, 5) is 9.96. The van der Waals surface area contributed by atoms with Gasteiger partial charge in [0.05, 0.1) is 0 Å². The van der Waals surface area contributed by atoms with Gasteiger partial charge in [0.25, 0.3) is 0 Å². The molecule has 1 unspecified atom stereocenters. The van der Waals surface area contributed by atoms with Crippen LogP contribution in [-0.4, -0.2) is 23.1 Å². The van der Waals surface area contributed by atoms with Crippen LogP contribution in [0, 0.1) is 0 Å². The standard InChI is InChI=1S/C5H10ClNO2/c1-2-4(3-6)7-5(8)9/h4,7H,2-3H2,1H3,(H,8,9). The Labute approximate surface area is 59.0 Å². The lowest BCUT2D eigenvalue weighted by molar-refractivity contribution is 0.190. The highest BCUT2D eigenvalue weighted by atomic mass is 35.5. The minimum atomic E-state index is -1.01. The van der Waals surface area contributed by atoms with Gasteiger partial charge in [-0.3, -0.25) is 0 Å². The van der Waals surface area contributed by atoms with Gasteiger partial charge in [-0.1, -0.05) is 6.92 Å².